The Bertz CT molecular complexity index is 800. The standard InChI is InChI=1S/C15H22N7O3.ClH/c1-2-13(17-16-11-15(24)21-7-8-22(25)12-21)18-19-14-5-3-4-6-20(14)9-10-23;/h3-8,12,15,23-25H,2,9-11H2,1H3;1H/q+1;/p-1. The van der Waals surface area contributed by atoms with E-state index in [4.69, 9.17) is 5.11 Å². The molecule has 26 heavy (non-hydrogen) atoms. The number of pyridine rings is 1. The Labute approximate surface area is 156 Å². The van der Waals surface area contributed by atoms with E-state index >= 15 is 0 Å². The molecule has 0 aliphatic carbocycles. The SMILES string of the molecule is CCC(N=NCC(O)[n+]1ccn(O)c1)=NN=c1ccccn1CCO.[Cl-]. The van der Waals surface area contributed by atoms with Gasteiger partial charge in [-0.25, -0.2) is 4.57 Å². The van der Waals surface area contributed by atoms with E-state index in [0.717, 1.165) is 4.73 Å². The minimum atomic E-state index is -0.937. The number of aromatic nitrogens is 3. The number of aliphatic hydroxyl groups is 2. The van der Waals surface area contributed by atoms with E-state index in [1.54, 1.807) is 16.8 Å². The van der Waals surface area contributed by atoms with Gasteiger partial charge in [-0.3, -0.25) is 0 Å². The molecular weight excluding hydrogens is 362 g/mol. The van der Waals surface area contributed by atoms with Crippen LogP contribution in [0.3, 0.4) is 0 Å². The maximum absolute atomic E-state index is 9.92. The molecular formula is C15H22ClN7O3. The van der Waals surface area contributed by atoms with Gasteiger partial charge >= 0.3 is 0 Å². The highest BCUT2D eigenvalue weighted by molar-refractivity contribution is 5.81. The molecule has 10 nitrogen and oxygen atoms in total. The molecule has 0 aliphatic rings. The van der Waals surface area contributed by atoms with Crippen LogP contribution in [0.25, 0.3) is 0 Å². The van der Waals surface area contributed by atoms with Crippen molar-refractivity contribution < 1.29 is 32.4 Å². The van der Waals surface area contributed by atoms with Crippen molar-refractivity contribution in [2.75, 3.05) is 13.2 Å². The zero-order valence-corrected chi connectivity index (χ0v) is 15.1. The van der Waals surface area contributed by atoms with Gasteiger partial charge in [0.2, 0.25) is 6.23 Å². The molecule has 0 radical (unpaired) electrons. The number of halogens is 1. The summed E-state index contributed by atoms with van der Waals surface area (Å²) in [4.78, 5) is 0. The Morgan fingerprint density at radius 2 is 2.12 bits per heavy atom. The summed E-state index contributed by atoms with van der Waals surface area (Å²) < 4.78 is 4.00. The van der Waals surface area contributed by atoms with E-state index in [-0.39, 0.29) is 25.6 Å². The summed E-state index contributed by atoms with van der Waals surface area (Å²) in [6.07, 6.45) is 5.61. The van der Waals surface area contributed by atoms with Gasteiger partial charge < -0.3 is 32.4 Å². The number of hydrogen-bond donors (Lipinski definition) is 3. The van der Waals surface area contributed by atoms with E-state index < -0.39 is 6.23 Å². The Balaban J connectivity index is 0.00000338. The minimum absolute atomic E-state index is 0. The third-order valence-electron chi connectivity index (χ3n) is 3.26. The molecule has 142 valence electrons. The average Bonchev–Trinajstić information content (AvgIpc) is 3.05. The normalized spacial score (nSPS) is 13.8. The smallest absolute Gasteiger partial charge is 0.286 e. The highest BCUT2D eigenvalue weighted by Crippen LogP contribution is 1.96. The zero-order valence-electron chi connectivity index (χ0n) is 14.3. The quantitative estimate of drug-likeness (QED) is 0.118. The summed E-state index contributed by atoms with van der Waals surface area (Å²) in [5.41, 5.74) is 0.595. The highest BCUT2D eigenvalue weighted by Gasteiger charge is 2.12. The summed E-state index contributed by atoms with van der Waals surface area (Å²) in [5.74, 6) is 0.413. The van der Waals surface area contributed by atoms with Crippen molar-refractivity contribution in [3.05, 3.63) is 48.6 Å². The molecule has 2 heterocycles. The van der Waals surface area contributed by atoms with Crippen molar-refractivity contribution in [3.63, 3.8) is 0 Å². The first-order valence-electron chi connectivity index (χ1n) is 7.84. The first-order valence-corrected chi connectivity index (χ1v) is 7.84. The summed E-state index contributed by atoms with van der Waals surface area (Å²) >= 11 is 0. The lowest BCUT2D eigenvalue weighted by molar-refractivity contribution is -0.757. The number of imidazole rings is 1. The van der Waals surface area contributed by atoms with Crippen LogP contribution in [0.15, 0.2) is 63.5 Å². The first kappa shape index (κ1) is 21.5. The molecule has 0 saturated heterocycles. The topological polar surface area (TPSA) is 124 Å². The van der Waals surface area contributed by atoms with Gasteiger partial charge in [0, 0.05) is 19.2 Å². The number of nitrogens with zero attached hydrogens (tertiary/aromatic N) is 7. The lowest BCUT2D eigenvalue weighted by atomic mass is 10.4. The Morgan fingerprint density at radius 1 is 1.31 bits per heavy atom. The Morgan fingerprint density at radius 3 is 2.77 bits per heavy atom. The molecule has 0 fully saturated rings. The van der Waals surface area contributed by atoms with Gasteiger partial charge in [0.1, 0.15) is 12.7 Å². The maximum Gasteiger partial charge on any atom is 0.286 e. The maximum atomic E-state index is 9.92. The number of amidine groups is 1. The molecule has 2 aromatic rings. The number of azo groups is 1. The van der Waals surface area contributed by atoms with Crippen LogP contribution in [0.1, 0.15) is 19.6 Å². The number of aliphatic hydroxyl groups excluding tert-OH is 2. The van der Waals surface area contributed by atoms with Crippen LogP contribution in [-0.2, 0) is 6.54 Å². The van der Waals surface area contributed by atoms with Gasteiger partial charge in [0.05, 0.1) is 6.61 Å². The van der Waals surface area contributed by atoms with E-state index in [0.29, 0.717) is 24.3 Å². The molecule has 0 saturated carbocycles. The van der Waals surface area contributed by atoms with E-state index in [9.17, 15) is 10.3 Å². The minimum Gasteiger partial charge on any atom is -1.00 e. The van der Waals surface area contributed by atoms with Crippen LogP contribution in [0.5, 0.6) is 0 Å². The van der Waals surface area contributed by atoms with Crippen LogP contribution < -0.4 is 22.5 Å². The number of hydrogen-bond acceptors (Lipinski definition) is 6. The van der Waals surface area contributed by atoms with Crippen molar-refractivity contribution in [3.8, 4) is 0 Å². The van der Waals surface area contributed by atoms with E-state index in [1.807, 2.05) is 19.1 Å². The second kappa shape index (κ2) is 11.1. The molecule has 0 spiro atoms. The van der Waals surface area contributed by atoms with Crippen LogP contribution in [-0.4, -0.2) is 43.7 Å². The Hall–Kier alpha value is -2.56. The van der Waals surface area contributed by atoms with Gasteiger partial charge in [-0.1, -0.05) is 17.7 Å². The summed E-state index contributed by atoms with van der Waals surface area (Å²) in [6.45, 7) is 2.32. The molecule has 1 unspecified atom stereocenters. The van der Waals surface area contributed by atoms with E-state index in [2.05, 4.69) is 20.4 Å². The zero-order chi connectivity index (χ0) is 18.1. The van der Waals surface area contributed by atoms with Crippen LogP contribution >= 0.6 is 0 Å². The number of rotatable bonds is 7. The predicted octanol–water partition coefficient (Wildman–Crippen LogP) is -2.92. The molecule has 3 N–H and O–H groups in total. The van der Waals surface area contributed by atoms with Crippen molar-refractivity contribution in [2.45, 2.75) is 26.1 Å². The van der Waals surface area contributed by atoms with Gasteiger partial charge in [0.15, 0.2) is 17.5 Å². The van der Waals surface area contributed by atoms with Gasteiger partial charge in [0.25, 0.3) is 6.33 Å². The molecule has 0 amide bonds. The van der Waals surface area contributed by atoms with Crippen molar-refractivity contribution >= 4 is 5.84 Å². The summed E-state index contributed by atoms with van der Waals surface area (Å²) in [7, 11) is 0. The highest BCUT2D eigenvalue weighted by atomic mass is 35.5. The largest absolute Gasteiger partial charge is 1.00 e. The fraction of sp³-hybridized carbons (Fsp3) is 0.400. The second-order valence-corrected chi connectivity index (χ2v) is 5.09. The monoisotopic (exact) mass is 383 g/mol. The second-order valence-electron chi connectivity index (χ2n) is 5.09. The van der Waals surface area contributed by atoms with Gasteiger partial charge in [-0.15, -0.1) is 15.3 Å². The first-order chi connectivity index (χ1) is 12.1. The van der Waals surface area contributed by atoms with Crippen molar-refractivity contribution in [1.29, 1.82) is 0 Å². The third-order valence-corrected chi connectivity index (χ3v) is 3.26. The molecule has 11 heteroatoms. The van der Waals surface area contributed by atoms with Crippen molar-refractivity contribution in [2.24, 2.45) is 20.4 Å². The Kier molecular flexibility index (Phi) is 9.20. The van der Waals surface area contributed by atoms with E-state index in [1.165, 1.54) is 23.3 Å². The fourth-order valence-corrected chi connectivity index (χ4v) is 1.95. The summed E-state index contributed by atoms with van der Waals surface area (Å²) in [6, 6.07) is 5.46. The fourth-order valence-electron chi connectivity index (χ4n) is 1.95. The molecule has 0 bridgehead atoms. The lowest BCUT2D eigenvalue weighted by Gasteiger charge is -2.03. The molecule has 2 rings (SSSR count). The molecule has 0 aliphatic heterocycles. The van der Waals surface area contributed by atoms with Crippen molar-refractivity contribution in [1.82, 2.24) is 9.30 Å². The van der Waals surface area contributed by atoms with Crippen LogP contribution in [0.4, 0.5) is 0 Å². The van der Waals surface area contributed by atoms with Crippen LogP contribution in [0, 0.1) is 0 Å². The molecule has 2 aromatic heterocycles. The average molecular weight is 384 g/mol. The van der Waals surface area contributed by atoms with Gasteiger partial charge in [-0.05, 0) is 12.1 Å². The lowest BCUT2D eigenvalue weighted by Crippen LogP contribution is -3.00. The summed E-state index contributed by atoms with van der Waals surface area (Å²) in [5, 5.41) is 44.3. The molecule has 1 atom stereocenters. The van der Waals surface area contributed by atoms with Gasteiger partial charge in [-0.2, -0.15) is 5.11 Å². The predicted molar refractivity (Wildman–Crippen MR) is 87.6 cm³/mol. The van der Waals surface area contributed by atoms with Crippen LogP contribution in [0.2, 0.25) is 0 Å². The molecule has 0 aromatic carbocycles. The third kappa shape index (κ3) is 6.39.